The molecule has 0 bridgehead atoms. The molecule has 0 aliphatic carbocycles. The molecule has 0 atom stereocenters. The summed E-state index contributed by atoms with van der Waals surface area (Å²) in [4.78, 5) is 32.4. The second-order valence-corrected chi connectivity index (χ2v) is 7.90. The molecular formula is C22H24N6O2. The molecule has 0 radical (unpaired) electrons. The lowest BCUT2D eigenvalue weighted by molar-refractivity contribution is 0.0613. The SMILES string of the molecule is Cc1nc(-c2ccc(-c3cnc4[nH]c(=O)n(CC5CCOCC5)c4n3)cc2)[nH]c1C. The average molecular weight is 404 g/mol. The summed E-state index contributed by atoms with van der Waals surface area (Å²) in [7, 11) is 0. The molecule has 0 unspecified atom stereocenters. The Morgan fingerprint density at radius 1 is 1.07 bits per heavy atom. The van der Waals surface area contributed by atoms with Gasteiger partial charge in [-0.1, -0.05) is 24.3 Å². The maximum atomic E-state index is 12.5. The number of aryl methyl sites for hydroxylation is 2. The monoisotopic (exact) mass is 404 g/mol. The van der Waals surface area contributed by atoms with E-state index in [9.17, 15) is 4.79 Å². The molecule has 0 spiro atoms. The third-order valence-corrected chi connectivity index (χ3v) is 5.84. The molecule has 8 heteroatoms. The van der Waals surface area contributed by atoms with Gasteiger partial charge >= 0.3 is 5.69 Å². The lowest BCUT2D eigenvalue weighted by atomic mass is 10.0. The van der Waals surface area contributed by atoms with Crippen LogP contribution >= 0.6 is 0 Å². The first-order valence-corrected chi connectivity index (χ1v) is 10.3. The Kier molecular flexibility index (Phi) is 4.71. The van der Waals surface area contributed by atoms with Gasteiger partial charge in [-0.25, -0.2) is 19.7 Å². The van der Waals surface area contributed by atoms with Crippen molar-refractivity contribution in [2.45, 2.75) is 33.2 Å². The molecule has 1 fully saturated rings. The van der Waals surface area contributed by atoms with E-state index in [1.165, 1.54) is 0 Å². The molecule has 3 aromatic heterocycles. The fourth-order valence-electron chi connectivity index (χ4n) is 3.90. The number of nitrogens with one attached hydrogen (secondary N) is 2. The van der Waals surface area contributed by atoms with Crippen molar-refractivity contribution in [1.29, 1.82) is 0 Å². The molecule has 1 saturated heterocycles. The van der Waals surface area contributed by atoms with Crippen LogP contribution in [0.25, 0.3) is 33.9 Å². The van der Waals surface area contributed by atoms with Crippen LogP contribution in [0.2, 0.25) is 0 Å². The Morgan fingerprint density at radius 3 is 2.50 bits per heavy atom. The molecule has 30 heavy (non-hydrogen) atoms. The van der Waals surface area contributed by atoms with Gasteiger partial charge in [-0.2, -0.15) is 0 Å². The van der Waals surface area contributed by atoms with Gasteiger partial charge < -0.3 is 9.72 Å². The molecule has 2 N–H and O–H groups in total. The van der Waals surface area contributed by atoms with E-state index in [1.807, 2.05) is 38.1 Å². The first-order chi connectivity index (χ1) is 14.6. The topological polar surface area (TPSA) is 101 Å². The van der Waals surface area contributed by atoms with Gasteiger partial charge in [0.25, 0.3) is 0 Å². The van der Waals surface area contributed by atoms with Crippen LogP contribution < -0.4 is 5.69 Å². The lowest BCUT2D eigenvalue weighted by Gasteiger charge is -2.21. The number of imidazole rings is 2. The minimum atomic E-state index is -0.160. The summed E-state index contributed by atoms with van der Waals surface area (Å²) in [5, 5.41) is 0. The van der Waals surface area contributed by atoms with E-state index in [1.54, 1.807) is 10.8 Å². The number of nitrogens with zero attached hydrogens (tertiary/aromatic N) is 4. The third kappa shape index (κ3) is 3.43. The highest BCUT2D eigenvalue weighted by Crippen LogP contribution is 2.24. The van der Waals surface area contributed by atoms with Gasteiger partial charge in [0.1, 0.15) is 5.82 Å². The van der Waals surface area contributed by atoms with Crippen molar-refractivity contribution in [2.75, 3.05) is 13.2 Å². The molecule has 1 aromatic carbocycles. The Morgan fingerprint density at radius 2 is 1.80 bits per heavy atom. The highest BCUT2D eigenvalue weighted by Gasteiger charge is 2.18. The molecule has 0 amide bonds. The fourth-order valence-corrected chi connectivity index (χ4v) is 3.90. The summed E-state index contributed by atoms with van der Waals surface area (Å²) in [6, 6.07) is 8.05. The predicted octanol–water partition coefficient (Wildman–Crippen LogP) is 3.22. The summed E-state index contributed by atoms with van der Waals surface area (Å²) in [5.74, 6) is 1.27. The molecule has 5 rings (SSSR count). The van der Waals surface area contributed by atoms with E-state index in [0.29, 0.717) is 23.8 Å². The highest BCUT2D eigenvalue weighted by atomic mass is 16.5. The molecule has 1 aliphatic rings. The van der Waals surface area contributed by atoms with Gasteiger partial charge in [-0.15, -0.1) is 0 Å². The molecule has 8 nitrogen and oxygen atoms in total. The third-order valence-electron chi connectivity index (χ3n) is 5.84. The van der Waals surface area contributed by atoms with Gasteiger partial charge in [0, 0.05) is 36.6 Å². The van der Waals surface area contributed by atoms with E-state index in [-0.39, 0.29) is 5.69 Å². The van der Waals surface area contributed by atoms with Crippen LogP contribution in [0.5, 0.6) is 0 Å². The van der Waals surface area contributed by atoms with Crippen molar-refractivity contribution in [2.24, 2.45) is 5.92 Å². The summed E-state index contributed by atoms with van der Waals surface area (Å²) < 4.78 is 7.15. The zero-order valence-electron chi connectivity index (χ0n) is 17.1. The number of ether oxygens (including phenoxy) is 1. The van der Waals surface area contributed by atoms with Gasteiger partial charge in [-0.05, 0) is 32.6 Å². The Bertz CT molecular complexity index is 1230. The number of aromatic amines is 2. The van der Waals surface area contributed by atoms with Crippen LogP contribution in [0.1, 0.15) is 24.2 Å². The van der Waals surface area contributed by atoms with Crippen LogP contribution in [-0.4, -0.2) is 42.7 Å². The molecule has 154 valence electrons. The van der Waals surface area contributed by atoms with E-state index in [4.69, 9.17) is 9.72 Å². The number of hydrogen-bond acceptors (Lipinski definition) is 5. The highest BCUT2D eigenvalue weighted by molar-refractivity contribution is 5.72. The molecule has 0 saturated carbocycles. The van der Waals surface area contributed by atoms with Crippen molar-refractivity contribution < 1.29 is 4.74 Å². The van der Waals surface area contributed by atoms with Crippen LogP contribution in [0.4, 0.5) is 0 Å². The fraction of sp³-hybridized carbons (Fsp3) is 0.364. The van der Waals surface area contributed by atoms with Gasteiger partial charge in [0.2, 0.25) is 0 Å². The minimum absolute atomic E-state index is 0.160. The van der Waals surface area contributed by atoms with E-state index < -0.39 is 0 Å². The minimum Gasteiger partial charge on any atom is -0.381 e. The second-order valence-electron chi connectivity index (χ2n) is 7.90. The first kappa shape index (κ1) is 18.7. The lowest BCUT2D eigenvalue weighted by Crippen LogP contribution is -2.26. The van der Waals surface area contributed by atoms with Crippen molar-refractivity contribution in [3.05, 3.63) is 52.3 Å². The number of benzene rings is 1. The van der Waals surface area contributed by atoms with Crippen LogP contribution in [0.15, 0.2) is 35.3 Å². The van der Waals surface area contributed by atoms with Gasteiger partial charge in [-0.3, -0.25) is 9.55 Å². The van der Waals surface area contributed by atoms with Crippen molar-refractivity contribution in [3.8, 4) is 22.6 Å². The van der Waals surface area contributed by atoms with Gasteiger partial charge in [0.15, 0.2) is 11.3 Å². The zero-order valence-corrected chi connectivity index (χ0v) is 17.1. The van der Waals surface area contributed by atoms with Crippen molar-refractivity contribution in [1.82, 2.24) is 29.5 Å². The summed E-state index contributed by atoms with van der Waals surface area (Å²) >= 11 is 0. The number of hydrogen-bond donors (Lipinski definition) is 2. The number of fused-ring (bicyclic) bond motifs is 1. The Hall–Kier alpha value is -3.26. The first-order valence-electron chi connectivity index (χ1n) is 10.3. The molecular weight excluding hydrogens is 380 g/mol. The van der Waals surface area contributed by atoms with Gasteiger partial charge in [0.05, 0.1) is 17.6 Å². The van der Waals surface area contributed by atoms with E-state index in [0.717, 1.165) is 60.1 Å². The molecule has 4 heterocycles. The number of H-pyrrole nitrogens is 2. The summed E-state index contributed by atoms with van der Waals surface area (Å²) in [5.41, 5.74) is 5.73. The standard InChI is InChI=1S/C22H24N6O2/c1-13-14(2)25-19(24-13)17-5-3-16(4-6-17)18-11-23-20-21(26-18)28(22(29)27-20)12-15-7-9-30-10-8-15/h3-6,11,15H,7-10,12H2,1-2H3,(H,24,25)(H,23,27,29). The average Bonchev–Trinajstić information content (AvgIpc) is 3.27. The molecule has 4 aromatic rings. The van der Waals surface area contributed by atoms with Crippen LogP contribution in [0.3, 0.4) is 0 Å². The molecule has 1 aliphatic heterocycles. The zero-order chi connectivity index (χ0) is 20.7. The maximum absolute atomic E-state index is 12.5. The summed E-state index contributed by atoms with van der Waals surface area (Å²) in [6.45, 7) is 6.14. The number of aromatic nitrogens is 6. The van der Waals surface area contributed by atoms with E-state index >= 15 is 0 Å². The van der Waals surface area contributed by atoms with E-state index in [2.05, 4.69) is 19.9 Å². The maximum Gasteiger partial charge on any atom is 0.328 e. The van der Waals surface area contributed by atoms with Crippen molar-refractivity contribution >= 4 is 11.3 Å². The van der Waals surface area contributed by atoms with Crippen LogP contribution in [-0.2, 0) is 11.3 Å². The summed E-state index contributed by atoms with van der Waals surface area (Å²) in [6.07, 6.45) is 3.62. The normalized spacial score (nSPS) is 15.1. The number of rotatable bonds is 4. The van der Waals surface area contributed by atoms with Crippen molar-refractivity contribution in [3.63, 3.8) is 0 Å². The van der Waals surface area contributed by atoms with Crippen LogP contribution in [0, 0.1) is 19.8 Å². The largest absolute Gasteiger partial charge is 0.381 e. The Balaban J connectivity index is 1.47. The smallest absolute Gasteiger partial charge is 0.328 e. The quantitative estimate of drug-likeness (QED) is 0.544. The second kappa shape index (κ2) is 7.53. The Labute approximate surface area is 173 Å². The predicted molar refractivity (Wildman–Crippen MR) is 114 cm³/mol.